The molecule has 7 nitrogen and oxygen atoms in total. The highest BCUT2D eigenvalue weighted by Crippen LogP contribution is 2.34. The fourth-order valence-corrected chi connectivity index (χ4v) is 3.99. The number of rotatable bonds is 6. The van der Waals surface area contributed by atoms with E-state index < -0.39 is 0 Å². The molecular weight excluding hydrogens is 352 g/mol. The van der Waals surface area contributed by atoms with E-state index in [0.29, 0.717) is 36.3 Å². The van der Waals surface area contributed by atoms with Gasteiger partial charge in [0.1, 0.15) is 17.5 Å². The van der Waals surface area contributed by atoms with Crippen LogP contribution < -0.4 is 16.0 Å². The van der Waals surface area contributed by atoms with Crippen LogP contribution in [0.5, 0.6) is 0 Å². The predicted molar refractivity (Wildman–Crippen MR) is 108 cm³/mol. The van der Waals surface area contributed by atoms with Crippen LogP contribution in [0.25, 0.3) is 0 Å². The molecule has 1 aromatic carbocycles. The van der Waals surface area contributed by atoms with Gasteiger partial charge in [0.25, 0.3) is 0 Å². The molecule has 1 fully saturated rings. The molecule has 144 valence electrons. The first-order valence-electron chi connectivity index (χ1n) is 9.92. The van der Waals surface area contributed by atoms with Crippen molar-refractivity contribution >= 4 is 23.4 Å². The van der Waals surface area contributed by atoms with E-state index in [9.17, 15) is 10.1 Å². The number of carbonyl (C=O) groups excluding carboxylic acids is 1. The Balaban J connectivity index is 1.39. The van der Waals surface area contributed by atoms with Crippen LogP contribution in [-0.2, 0) is 4.79 Å². The fourth-order valence-electron chi connectivity index (χ4n) is 3.99. The van der Waals surface area contributed by atoms with Gasteiger partial charge in [-0.1, -0.05) is 37.5 Å². The predicted octanol–water partition coefficient (Wildman–Crippen LogP) is 3.63. The quantitative estimate of drug-likeness (QED) is 0.711. The first-order valence-corrected chi connectivity index (χ1v) is 9.92. The SMILES string of the molecule is N#Cc1cnc(NCCC2C(=O)Nc3ccccc32)nc1NC1CCCCC1. The standard InChI is InChI=1S/C21H24N6O/c22-12-14-13-24-21(27-19(14)25-15-6-2-1-3-7-15)23-11-10-17-16-8-4-5-9-18(16)26-20(17)28/h4-5,8-9,13,15,17H,1-3,6-7,10-11H2,(H,26,28)(H2,23,24,25,27). The Morgan fingerprint density at radius 3 is 2.86 bits per heavy atom. The van der Waals surface area contributed by atoms with Crippen molar-refractivity contribution in [1.29, 1.82) is 5.26 Å². The summed E-state index contributed by atoms with van der Waals surface area (Å²) in [6.07, 6.45) is 8.11. The third-order valence-corrected chi connectivity index (χ3v) is 5.48. The highest BCUT2D eigenvalue weighted by Gasteiger charge is 2.29. The highest BCUT2D eigenvalue weighted by molar-refractivity contribution is 6.02. The molecule has 2 heterocycles. The van der Waals surface area contributed by atoms with Gasteiger partial charge in [-0.05, 0) is 30.9 Å². The normalized spacial score (nSPS) is 18.8. The van der Waals surface area contributed by atoms with E-state index in [4.69, 9.17) is 0 Å². The topological polar surface area (TPSA) is 103 Å². The second-order valence-corrected chi connectivity index (χ2v) is 7.39. The lowest BCUT2D eigenvalue weighted by atomic mass is 9.95. The van der Waals surface area contributed by atoms with Gasteiger partial charge in [-0.2, -0.15) is 10.2 Å². The number of amides is 1. The van der Waals surface area contributed by atoms with Crippen LogP contribution >= 0.6 is 0 Å². The molecule has 0 radical (unpaired) electrons. The third-order valence-electron chi connectivity index (χ3n) is 5.48. The summed E-state index contributed by atoms with van der Waals surface area (Å²) in [4.78, 5) is 21.0. The van der Waals surface area contributed by atoms with Gasteiger partial charge in [0.05, 0.1) is 12.1 Å². The molecule has 2 aromatic rings. The van der Waals surface area contributed by atoms with Gasteiger partial charge in [-0.15, -0.1) is 0 Å². The minimum Gasteiger partial charge on any atom is -0.366 e. The van der Waals surface area contributed by atoms with E-state index in [0.717, 1.165) is 24.1 Å². The molecule has 0 saturated heterocycles. The lowest BCUT2D eigenvalue weighted by Gasteiger charge is -2.23. The lowest BCUT2D eigenvalue weighted by molar-refractivity contribution is -0.117. The summed E-state index contributed by atoms with van der Waals surface area (Å²) in [7, 11) is 0. The number of hydrogen-bond donors (Lipinski definition) is 3. The highest BCUT2D eigenvalue weighted by atomic mass is 16.2. The molecule has 1 unspecified atom stereocenters. The maximum atomic E-state index is 12.2. The van der Waals surface area contributed by atoms with Crippen LogP contribution in [0, 0.1) is 11.3 Å². The van der Waals surface area contributed by atoms with E-state index >= 15 is 0 Å². The van der Waals surface area contributed by atoms with Gasteiger partial charge in [0.2, 0.25) is 11.9 Å². The number of nitriles is 1. The first-order chi connectivity index (χ1) is 13.7. The molecule has 28 heavy (non-hydrogen) atoms. The number of aromatic nitrogens is 2. The van der Waals surface area contributed by atoms with Gasteiger partial charge < -0.3 is 16.0 Å². The molecule has 0 spiro atoms. The smallest absolute Gasteiger partial charge is 0.232 e. The second kappa shape index (κ2) is 8.26. The number of nitrogens with zero attached hydrogens (tertiary/aromatic N) is 3. The minimum absolute atomic E-state index is 0.0309. The van der Waals surface area contributed by atoms with E-state index in [1.165, 1.54) is 19.3 Å². The summed E-state index contributed by atoms with van der Waals surface area (Å²) >= 11 is 0. The van der Waals surface area contributed by atoms with Crippen molar-refractivity contribution in [2.24, 2.45) is 0 Å². The van der Waals surface area contributed by atoms with Gasteiger partial charge in [-0.3, -0.25) is 4.79 Å². The van der Waals surface area contributed by atoms with Crippen LogP contribution in [0.3, 0.4) is 0 Å². The van der Waals surface area contributed by atoms with Crippen LogP contribution in [-0.4, -0.2) is 28.5 Å². The maximum Gasteiger partial charge on any atom is 0.232 e. The summed E-state index contributed by atoms with van der Waals surface area (Å²) < 4.78 is 0. The second-order valence-electron chi connectivity index (χ2n) is 7.39. The zero-order chi connectivity index (χ0) is 19.3. The molecule has 2 aliphatic rings. The van der Waals surface area contributed by atoms with Gasteiger partial charge in [0.15, 0.2) is 0 Å². The third kappa shape index (κ3) is 3.91. The van der Waals surface area contributed by atoms with E-state index in [2.05, 4.69) is 32.0 Å². The first kappa shape index (κ1) is 18.2. The minimum atomic E-state index is -0.165. The van der Waals surface area contributed by atoms with Gasteiger partial charge in [-0.25, -0.2) is 4.98 Å². The molecule has 1 aliphatic carbocycles. The molecule has 4 rings (SSSR count). The lowest BCUT2D eigenvalue weighted by Crippen LogP contribution is -2.24. The Morgan fingerprint density at radius 1 is 1.21 bits per heavy atom. The van der Waals surface area contributed by atoms with Crippen molar-refractivity contribution in [1.82, 2.24) is 9.97 Å². The number of nitrogens with one attached hydrogen (secondary N) is 3. The number of hydrogen-bond acceptors (Lipinski definition) is 6. The van der Waals surface area contributed by atoms with Crippen molar-refractivity contribution in [2.75, 3.05) is 22.5 Å². The number of fused-ring (bicyclic) bond motifs is 1. The number of anilines is 3. The monoisotopic (exact) mass is 376 g/mol. The number of para-hydroxylation sites is 1. The largest absolute Gasteiger partial charge is 0.366 e. The zero-order valence-electron chi connectivity index (χ0n) is 15.7. The fraction of sp³-hybridized carbons (Fsp3) is 0.429. The molecule has 1 aliphatic heterocycles. The number of benzene rings is 1. The molecule has 1 atom stereocenters. The van der Waals surface area contributed by atoms with Crippen LogP contribution in [0.4, 0.5) is 17.5 Å². The van der Waals surface area contributed by atoms with Crippen molar-refractivity contribution in [3.8, 4) is 6.07 Å². The Bertz CT molecular complexity index is 900. The van der Waals surface area contributed by atoms with Crippen molar-refractivity contribution in [3.63, 3.8) is 0 Å². The summed E-state index contributed by atoms with van der Waals surface area (Å²) in [6, 6.07) is 10.3. The average Bonchev–Trinajstić information content (AvgIpc) is 3.04. The van der Waals surface area contributed by atoms with Gasteiger partial charge in [0, 0.05) is 18.3 Å². The van der Waals surface area contributed by atoms with Gasteiger partial charge >= 0.3 is 0 Å². The van der Waals surface area contributed by atoms with Crippen LogP contribution in [0.1, 0.15) is 55.6 Å². The summed E-state index contributed by atoms with van der Waals surface area (Å²) in [5.74, 6) is 0.935. The molecule has 3 N–H and O–H groups in total. The van der Waals surface area contributed by atoms with Crippen LogP contribution in [0.15, 0.2) is 30.5 Å². The molecule has 1 aromatic heterocycles. The summed E-state index contributed by atoms with van der Waals surface area (Å²) in [5.41, 5.74) is 2.39. The van der Waals surface area contributed by atoms with E-state index in [1.807, 2.05) is 24.3 Å². The Kier molecular flexibility index (Phi) is 5.38. The van der Waals surface area contributed by atoms with Crippen molar-refractivity contribution < 1.29 is 4.79 Å². The average molecular weight is 376 g/mol. The molecular formula is C21H24N6O. The molecule has 7 heteroatoms. The summed E-state index contributed by atoms with van der Waals surface area (Å²) in [6.45, 7) is 0.571. The Hall–Kier alpha value is -3.14. The molecule has 1 amide bonds. The van der Waals surface area contributed by atoms with E-state index in [1.54, 1.807) is 6.20 Å². The van der Waals surface area contributed by atoms with Crippen molar-refractivity contribution in [3.05, 3.63) is 41.6 Å². The maximum absolute atomic E-state index is 12.2. The molecule has 0 bridgehead atoms. The molecule has 1 saturated carbocycles. The Morgan fingerprint density at radius 2 is 2.04 bits per heavy atom. The number of carbonyl (C=O) groups is 1. The zero-order valence-corrected chi connectivity index (χ0v) is 15.7. The van der Waals surface area contributed by atoms with Crippen molar-refractivity contribution in [2.45, 2.75) is 50.5 Å². The van der Waals surface area contributed by atoms with E-state index in [-0.39, 0.29) is 11.8 Å². The summed E-state index contributed by atoms with van der Waals surface area (Å²) in [5, 5.41) is 18.9. The van der Waals surface area contributed by atoms with Crippen LogP contribution in [0.2, 0.25) is 0 Å². The Labute approximate surface area is 164 Å².